The molecular weight excluding hydrogens is 585 g/mol. The van der Waals surface area contributed by atoms with Gasteiger partial charge in [0.2, 0.25) is 5.78 Å². The van der Waals surface area contributed by atoms with E-state index in [1.54, 1.807) is 26.8 Å². The maximum atomic E-state index is 17.5. The van der Waals surface area contributed by atoms with Gasteiger partial charge in [0.1, 0.15) is 12.6 Å². The molecule has 0 radical (unpaired) electrons. The maximum absolute atomic E-state index is 17.5. The minimum Gasteiger partial charge on any atom is -0.460 e. The van der Waals surface area contributed by atoms with Crippen LogP contribution in [0.2, 0.25) is 0 Å². The maximum Gasteiger partial charge on any atom is 0.325 e. The molecular formula is C31H39ClFNO9. The van der Waals surface area contributed by atoms with E-state index < -0.39 is 88.7 Å². The molecule has 0 aromatic heterocycles. The highest BCUT2D eigenvalue weighted by atomic mass is 35.5. The molecule has 0 aromatic rings. The second kappa shape index (κ2) is 10.9. The molecule has 9 atom stereocenters. The van der Waals surface area contributed by atoms with E-state index in [2.05, 4.69) is 11.4 Å². The van der Waals surface area contributed by atoms with Crippen molar-refractivity contribution >= 4 is 35.3 Å². The van der Waals surface area contributed by atoms with Gasteiger partial charge in [-0.05, 0) is 76.3 Å². The summed E-state index contributed by atoms with van der Waals surface area (Å²) in [6.45, 7) is 9.59. The average Bonchev–Trinajstić information content (AvgIpc) is 3.35. The van der Waals surface area contributed by atoms with E-state index in [1.165, 1.54) is 18.2 Å². The molecule has 12 heteroatoms. The molecule has 0 aromatic carbocycles. The predicted octanol–water partition coefficient (Wildman–Crippen LogP) is 3.20. The monoisotopic (exact) mass is 623 g/mol. The summed E-state index contributed by atoms with van der Waals surface area (Å²) in [7, 11) is 0. The molecule has 5 rings (SSSR count). The summed E-state index contributed by atoms with van der Waals surface area (Å²) in [6.07, 6.45) is 4.04. The molecule has 0 amide bonds. The number of hydrogen-bond acceptors (Lipinski definition) is 10. The Morgan fingerprint density at radius 3 is 2.65 bits per heavy atom. The van der Waals surface area contributed by atoms with Gasteiger partial charge < -0.3 is 24.1 Å². The standard InChI is InChI=1S/C31H39ClFNO9/c1-6-11-40-26(39)21(34-32)14-25(38)41-16-23(37)31-24(42-27(2,3)43-31)13-20-19-8-7-17-12-18(35)9-10-28(17,4)30(19,33)22(36)15-29(20,31)5/h6,9-10,12,19-22,24,34,36H,1,7-8,11,13-16H2,2-5H3/t19-,20-,21?,22-,24+,28-,29-,30-,31+/m0/s1. The molecule has 4 fully saturated rings. The first kappa shape index (κ1) is 32.0. The number of hydrogen-bond donors (Lipinski definition) is 2. The summed E-state index contributed by atoms with van der Waals surface area (Å²) in [6, 6.07) is -1.21. The van der Waals surface area contributed by atoms with Gasteiger partial charge in [-0.25, -0.2) is 9.23 Å². The highest BCUT2D eigenvalue weighted by molar-refractivity contribution is 6.15. The molecule has 0 spiro atoms. The molecule has 1 heterocycles. The van der Waals surface area contributed by atoms with Crippen molar-refractivity contribution in [2.24, 2.45) is 22.7 Å². The fraction of sp³-hybridized carbons (Fsp3) is 0.677. The molecule has 5 aliphatic rings. The molecule has 10 nitrogen and oxygen atoms in total. The lowest BCUT2D eigenvalue weighted by Crippen LogP contribution is -2.70. The number of Topliss-reactive ketones (excluding diaryl/α,β-unsaturated/α-hetero) is 1. The third-order valence-corrected chi connectivity index (χ3v) is 10.8. The quantitative estimate of drug-likeness (QED) is 0.224. The van der Waals surface area contributed by atoms with E-state index in [4.69, 9.17) is 30.7 Å². The van der Waals surface area contributed by atoms with Crippen molar-refractivity contribution in [3.05, 3.63) is 36.5 Å². The number of fused-ring (bicyclic) bond motifs is 7. The molecule has 1 saturated heterocycles. The zero-order valence-corrected chi connectivity index (χ0v) is 25.6. The number of aliphatic hydroxyl groups is 1. The third kappa shape index (κ3) is 4.65. The van der Waals surface area contributed by atoms with Crippen LogP contribution in [0.25, 0.3) is 0 Å². The number of esters is 2. The van der Waals surface area contributed by atoms with Crippen LogP contribution in [-0.2, 0) is 38.1 Å². The number of allylic oxidation sites excluding steroid dienone is 4. The lowest BCUT2D eigenvalue weighted by Gasteiger charge is -2.62. The first-order valence-electron chi connectivity index (χ1n) is 14.6. The van der Waals surface area contributed by atoms with Gasteiger partial charge in [0, 0.05) is 16.7 Å². The van der Waals surface area contributed by atoms with E-state index in [1.807, 2.05) is 6.92 Å². The normalized spacial score (nSPS) is 41.2. The number of aliphatic hydroxyl groups excluding tert-OH is 1. The lowest BCUT2D eigenvalue weighted by atomic mass is 9.44. The Balaban J connectivity index is 1.41. The van der Waals surface area contributed by atoms with E-state index in [0.717, 1.165) is 0 Å². The SMILES string of the molecule is C=CCOC(=O)C(CC(=O)OCC(=O)[C@@]12OC(C)(C)O[C@@H]1C[C@H]1[C@@H]3CCC4=CC(=O)C=C[C@]4(C)[C@@]3(F)[C@@H](O)C[C@@]12C)NCl. The Morgan fingerprint density at radius 2 is 1.98 bits per heavy atom. The minimum atomic E-state index is -2.09. The van der Waals surface area contributed by atoms with Crippen molar-refractivity contribution < 1.29 is 47.6 Å². The summed E-state index contributed by atoms with van der Waals surface area (Å²) in [5.74, 6) is -4.70. The van der Waals surface area contributed by atoms with Gasteiger partial charge in [0.05, 0.1) is 18.6 Å². The second-order valence-corrected chi connectivity index (χ2v) is 13.4. The van der Waals surface area contributed by atoms with E-state index in [-0.39, 0.29) is 18.8 Å². The Hall–Kier alpha value is -2.44. The van der Waals surface area contributed by atoms with Crippen molar-refractivity contribution in [2.45, 2.75) is 95.1 Å². The van der Waals surface area contributed by atoms with Crippen LogP contribution >= 0.6 is 11.8 Å². The van der Waals surface area contributed by atoms with Gasteiger partial charge in [0.25, 0.3) is 0 Å². The van der Waals surface area contributed by atoms with Crippen molar-refractivity contribution in [3.63, 3.8) is 0 Å². The summed E-state index contributed by atoms with van der Waals surface area (Å²) in [5.41, 5.74) is -5.33. The number of carbonyl (C=O) groups excluding carboxylic acids is 4. The number of rotatable bonds is 9. The number of halogens is 2. The van der Waals surface area contributed by atoms with Crippen LogP contribution in [0.1, 0.15) is 59.8 Å². The number of nitrogens with one attached hydrogen (secondary N) is 1. The molecule has 4 aliphatic carbocycles. The van der Waals surface area contributed by atoms with Crippen LogP contribution in [0.4, 0.5) is 4.39 Å². The van der Waals surface area contributed by atoms with Gasteiger partial charge in [-0.3, -0.25) is 19.2 Å². The lowest BCUT2D eigenvalue weighted by molar-refractivity contribution is -0.246. The smallest absolute Gasteiger partial charge is 0.325 e. The third-order valence-electron chi connectivity index (χ3n) is 10.5. The summed E-state index contributed by atoms with van der Waals surface area (Å²) in [5, 5.41) is 11.7. The van der Waals surface area contributed by atoms with Gasteiger partial charge in [-0.1, -0.05) is 31.2 Å². The Kier molecular flexibility index (Phi) is 8.08. The van der Waals surface area contributed by atoms with Crippen LogP contribution in [0, 0.1) is 22.7 Å². The Labute approximate surface area is 255 Å². The molecule has 1 unspecified atom stereocenters. The van der Waals surface area contributed by atoms with Crippen molar-refractivity contribution in [1.29, 1.82) is 0 Å². The number of ketones is 2. The highest BCUT2D eigenvalue weighted by Gasteiger charge is 2.80. The molecule has 236 valence electrons. The number of ether oxygens (including phenoxy) is 4. The zero-order chi connectivity index (χ0) is 31.6. The molecule has 43 heavy (non-hydrogen) atoms. The van der Waals surface area contributed by atoms with Crippen LogP contribution < -0.4 is 4.84 Å². The number of alkyl halides is 1. The van der Waals surface area contributed by atoms with Crippen LogP contribution in [0.15, 0.2) is 36.5 Å². The van der Waals surface area contributed by atoms with Gasteiger partial charge in [0.15, 0.2) is 29.4 Å². The van der Waals surface area contributed by atoms with Crippen LogP contribution in [-0.4, -0.2) is 77.1 Å². The van der Waals surface area contributed by atoms with Crippen molar-refractivity contribution in [3.8, 4) is 0 Å². The Bertz CT molecular complexity index is 1300. The Morgan fingerprint density at radius 1 is 1.26 bits per heavy atom. The highest BCUT2D eigenvalue weighted by Crippen LogP contribution is 2.72. The molecule has 2 N–H and O–H groups in total. The summed E-state index contributed by atoms with van der Waals surface area (Å²) >= 11 is 5.62. The van der Waals surface area contributed by atoms with Gasteiger partial charge in [-0.15, -0.1) is 0 Å². The molecule has 0 bridgehead atoms. The van der Waals surface area contributed by atoms with Crippen molar-refractivity contribution in [1.82, 2.24) is 4.84 Å². The minimum absolute atomic E-state index is 0.0730. The predicted molar refractivity (Wildman–Crippen MR) is 151 cm³/mol. The molecule has 3 saturated carbocycles. The number of carbonyl (C=O) groups is 4. The van der Waals surface area contributed by atoms with E-state index in [9.17, 15) is 24.3 Å². The first-order chi connectivity index (χ1) is 20.1. The van der Waals surface area contributed by atoms with Gasteiger partial charge in [-0.2, -0.15) is 0 Å². The summed E-state index contributed by atoms with van der Waals surface area (Å²) in [4.78, 5) is 53.2. The molecule has 1 aliphatic heterocycles. The van der Waals surface area contributed by atoms with E-state index >= 15 is 4.39 Å². The fourth-order valence-corrected chi connectivity index (χ4v) is 8.86. The summed E-state index contributed by atoms with van der Waals surface area (Å²) < 4.78 is 40.4. The second-order valence-electron chi connectivity index (χ2n) is 13.2. The van der Waals surface area contributed by atoms with Crippen molar-refractivity contribution in [2.75, 3.05) is 13.2 Å². The fourth-order valence-electron chi connectivity index (χ4n) is 8.70. The van der Waals surface area contributed by atoms with Crippen LogP contribution in [0.3, 0.4) is 0 Å². The topological polar surface area (TPSA) is 137 Å². The largest absolute Gasteiger partial charge is 0.460 e. The average molecular weight is 624 g/mol. The van der Waals surface area contributed by atoms with Crippen LogP contribution in [0.5, 0.6) is 0 Å². The first-order valence-corrected chi connectivity index (χ1v) is 15.0. The van der Waals surface area contributed by atoms with E-state index in [0.29, 0.717) is 24.8 Å². The van der Waals surface area contributed by atoms with Gasteiger partial charge >= 0.3 is 11.9 Å². The zero-order valence-electron chi connectivity index (χ0n) is 24.8.